The van der Waals surface area contributed by atoms with Crippen molar-refractivity contribution < 1.29 is 8.83 Å². The van der Waals surface area contributed by atoms with E-state index in [9.17, 15) is 0 Å². The van der Waals surface area contributed by atoms with Gasteiger partial charge in [-0.15, -0.1) is 0 Å². The smallest absolute Gasteiger partial charge is 0.143 e. The van der Waals surface area contributed by atoms with Gasteiger partial charge in [0.1, 0.15) is 22.3 Å². The van der Waals surface area contributed by atoms with Crippen LogP contribution in [0.5, 0.6) is 0 Å². The second-order valence-electron chi connectivity index (χ2n) is 25.2. The monoisotopic (exact) mass is 1180 g/mol. The summed E-state index contributed by atoms with van der Waals surface area (Å²) in [6.07, 6.45) is 0. The second kappa shape index (κ2) is 21.7. The molecule has 18 aromatic rings. The fraction of sp³-hybridized carbons (Fsp3) is 0.0330. The summed E-state index contributed by atoms with van der Waals surface area (Å²) in [6, 6.07) is 118. The van der Waals surface area contributed by atoms with E-state index in [4.69, 9.17) is 8.83 Å². The Morgan fingerprint density at radius 1 is 0.204 bits per heavy atom. The van der Waals surface area contributed by atoms with Gasteiger partial charge < -0.3 is 8.83 Å². The summed E-state index contributed by atoms with van der Waals surface area (Å²) in [6.45, 7) is 4.69. The molecule has 0 amide bonds. The van der Waals surface area contributed by atoms with E-state index in [2.05, 4.69) is 341 Å². The maximum Gasteiger partial charge on any atom is 0.143 e. The topological polar surface area (TPSA) is 26.3 Å². The summed E-state index contributed by atoms with van der Waals surface area (Å²) >= 11 is 0. The van der Waals surface area contributed by atoms with Crippen molar-refractivity contribution in [3.05, 3.63) is 339 Å². The van der Waals surface area contributed by atoms with Gasteiger partial charge in [0, 0.05) is 38.1 Å². The first-order valence-electron chi connectivity index (χ1n) is 32.2. The van der Waals surface area contributed by atoms with Crippen LogP contribution in [0.1, 0.15) is 25.0 Å². The molecule has 93 heavy (non-hydrogen) atoms. The van der Waals surface area contributed by atoms with Crippen molar-refractivity contribution in [2.24, 2.45) is 0 Å². The normalized spacial score (nSPS) is 12.5. The van der Waals surface area contributed by atoms with Crippen molar-refractivity contribution >= 4 is 87.0 Å². The van der Waals surface area contributed by atoms with Gasteiger partial charge in [0.05, 0.1) is 0 Å². The molecule has 2 heteroatoms. The van der Waals surface area contributed by atoms with Crippen molar-refractivity contribution in [2.45, 2.75) is 19.3 Å². The van der Waals surface area contributed by atoms with Crippen LogP contribution in [-0.2, 0) is 5.41 Å². The average Bonchev–Trinajstić information content (AvgIpc) is 1.72. The van der Waals surface area contributed by atoms with Gasteiger partial charge in [-0.3, -0.25) is 0 Å². The van der Waals surface area contributed by atoms with E-state index >= 15 is 0 Å². The lowest BCUT2D eigenvalue weighted by atomic mass is 9.81. The molecule has 0 unspecified atom stereocenters. The predicted octanol–water partition coefficient (Wildman–Crippen LogP) is 25.8. The Kier molecular flexibility index (Phi) is 12.6. The van der Waals surface area contributed by atoms with E-state index in [1.165, 1.54) is 127 Å². The van der Waals surface area contributed by atoms with E-state index in [1.54, 1.807) is 0 Å². The number of benzene rings is 16. The van der Waals surface area contributed by atoms with Gasteiger partial charge in [0.15, 0.2) is 0 Å². The number of hydrogen-bond acceptors (Lipinski definition) is 2. The van der Waals surface area contributed by atoms with Crippen molar-refractivity contribution in [1.29, 1.82) is 0 Å². The fourth-order valence-electron chi connectivity index (χ4n) is 15.5. The Balaban J connectivity index is 0.000000137. The summed E-state index contributed by atoms with van der Waals surface area (Å²) in [5.74, 6) is 0. The molecular weight excluding hydrogens is 1120 g/mol. The summed E-state index contributed by atoms with van der Waals surface area (Å²) in [7, 11) is 0. The first kappa shape index (κ1) is 54.1. The fourth-order valence-corrected chi connectivity index (χ4v) is 15.5. The number of furan rings is 2. The number of fused-ring (bicyclic) bond motifs is 13. The van der Waals surface area contributed by atoms with Gasteiger partial charge >= 0.3 is 0 Å². The minimum Gasteiger partial charge on any atom is -0.455 e. The highest BCUT2D eigenvalue weighted by Crippen LogP contribution is 2.54. The summed E-state index contributed by atoms with van der Waals surface area (Å²) in [5.41, 5.74) is 25.8. The standard InChI is InChI=1S/C47H32O.C44H28O/c1-47(2)40-22-12-10-16-32(40)33-25-24-30(28-41(33)47)31-26-27-39(45-38-21-11-13-23-42(38)48-46(31)45)44-36-19-8-6-17-34(36)43(29-14-4-3-5-15-29)35-18-7-9-20-37(35)44;1-3-13-29(14-4-1)30-23-25-31(26-24-30)33-27-28-39(43-38-21-11-12-22-40(38)45-44(33)43)42-36-19-9-7-17-34(36)41(32-15-5-2-6-16-32)35-18-8-10-20-37(35)42/h3-28H,1-2H3;1-28H. The molecular formula is C91H60O2. The Bertz CT molecular complexity index is 5870. The third kappa shape index (κ3) is 8.63. The van der Waals surface area contributed by atoms with E-state index in [0.717, 1.165) is 60.6 Å². The van der Waals surface area contributed by atoms with Gasteiger partial charge in [-0.1, -0.05) is 311 Å². The molecule has 0 fully saturated rings. The van der Waals surface area contributed by atoms with E-state index in [-0.39, 0.29) is 5.41 Å². The van der Waals surface area contributed by atoms with E-state index < -0.39 is 0 Å². The number of para-hydroxylation sites is 2. The van der Waals surface area contributed by atoms with Crippen LogP contribution < -0.4 is 0 Å². The van der Waals surface area contributed by atoms with Crippen LogP contribution >= 0.6 is 0 Å². The van der Waals surface area contributed by atoms with Crippen LogP contribution in [0.25, 0.3) is 176 Å². The molecule has 0 N–H and O–H groups in total. The van der Waals surface area contributed by atoms with Crippen LogP contribution in [0.4, 0.5) is 0 Å². The molecule has 0 saturated heterocycles. The van der Waals surface area contributed by atoms with Crippen LogP contribution in [0, 0.1) is 0 Å². The average molecular weight is 1190 g/mol. The van der Waals surface area contributed by atoms with E-state index in [1.807, 2.05) is 0 Å². The third-order valence-corrected chi connectivity index (χ3v) is 19.8. The van der Waals surface area contributed by atoms with Gasteiger partial charge in [-0.2, -0.15) is 0 Å². The largest absolute Gasteiger partial charge is 0.455 e. The molecule has 2 aromatic heterocycles. The summed E-state index contributed by atoms with van der Waals surface area (Å²) in [4.78, 5) is 0. The third-order valence-electron chi connectivity index (χ3n) is 19.8. The van der Waals surface area contributed by atoms with Crippen molar-refractivity contribution in [3.63, 3.8) is 0 Å². The van der Waals surface area contributed by atoms with Gasteiger partial charge in [0.2, 0.25) is 0 Å². The zero-order valence-corrected chi connectivity index (χ0v) is 51.5. The van der Waals surface area contributed by atoms with Crippen LogP contribution in [-0.4, -0.2) is 0 Å². The van der Waals surface area contributed by atoms with Gasteiger partial charge in [0.25, 0.3) is 0 Å². The zero-order valence-electron chi connectivity index (χ0n) is 51.5. The van der Waals surface area contributed by atoms with Crippen LogP contribution in [0.15, 0.2) is 336 Å². The highest BCUT2D eigenvalue weighted by Gasteiger charge is 2.36. The first-order chi connectivity index (χ1) is 45.9. The molecule has 2 nitrogen and oxygen atoms in total. The Hall–Kier alpha value is -11.8. The lowest BCUT2D eigenvalue weighted by Crippen LogP contribution is -2.14. The SMILES string of the molecule is CC1(C)c2ccccc2-c2ccc(-c3ccc(-c4c5ccccc5c(-c5ccccc5)c5ccccc45)c4c3oc3ccccc34)cc21.c1ccc(-c2ccc(-c3ccc(-c4c5ccccc5c(-c5ccccc5)c5ccccc45)c4c3oc3ccccc34)cc2)cc1. The quantitative estimate of drug-likeness (QED) is 0.149. The van der Waals surface area contributed by atoms with E-state index in [0.29, 0.717) is 0 Å². The highest BCUT2D eigenvalue weighted by atomic mass is 16.3. The van der Waals surface area contributed by atoms with Gasteiger partial charge in [-0.25, -0.2) is 0 Å². The lowest BCUT2D eigenvalue weighted by Gasteiger charge is -2.22. The molecule has 19 rings (SSSR count). The number of hydrogen-bond donors (Lipinski definition) is 0. The molecule has 0 radical (unpaired) electrons. The minimum absolute atomic E-state index is 0.0762. The Morgan fingerprint density at radius 2 is 0.505 bits per heavy atom. The number of rotatable bonds is 7. The Labute approximate surface area is 539 Å². The van der Waals surface area contributed by atoms with Crippen molar-refractivity contribution in [1.82, 2.24) is 0 Å². The molecule has 0 bridgehead atoms. The molecule has 1 aliphatic carbocycles. The Morgan fingerprint density at radius 3 is 0.957 bits per heavy atom. The molecule has 436 valence electrons. The zero-order chi connectivity index (χ0) is 61.7. The highest BCUT2D eigenvalue weighted by molar-refractivity contribution is 6.28. The second-order valence-corrected chi connectivity index (χ2v) is 25.2. The van der Waals surface area contributed by atoms with Crippen molar-refractivity contribution in [3.8, 4) is 89.0 Å². The molecule has 0 aliphatic heterocycles. The predicted molar refractivity (Wildman–Crippen MR) is 393 cm³/mol. The molecule has 16 aromatic carbocycles. The van der Waals surface area contributed by atoms with Crippen molar-refractivity contribution in [2.75, 3.05) is 0 Å². The van der Waals surface area contributed by atoms with Crippen LogP contribution in [0.3, 0.4) is 0 Å². The summed E-state index contributed by atoms with van der Waals surface area (Å²) in [5, 5.41) is 14.5. The maximum atomic E-state index is 6.85. The maximum absolute atomic E-state index is 6.85. The first-order valence-corrected chi connectivity index (χ1v) is 32.2. The lowest BCUT2D eigenvalue weighted by molar-refractivity contribution is 0.660. The molecule has 0 spiro atoms. The summed E-state index contributed by atoms with van der Waals surface area (Å²) < 4.78 is 13.6. The van der Waals surface area contributed by atoms with Gasteiger partial charge in [-0.05, 0) is 162 Å². The molecule has 2 heterocycles. The molecule has 0 atom stereocenters. The minimum atomic E-state index is -0.0762. The molecule has 1 aliphatic rings. The van der Waals surface area contributed by atoms with Crippen LogP contribution in [0.2, 0.25) is 0 Å². The molecule has 0 saturated carbocycles.